The van der Waals surface area contributed by atoms with Gasteiger partial charge in [0.15, 0.2) is 0 Å². The number of para-hydroxylation sites is 1. The van der Waals surface area contributed by atoms with Crippen LogP contribution in [0, 0.1) is 0 Å². The maximum absolute atomic E-state index is 11.3. The number of benzene rings is 1. The first-order chi connectivity index (χ1) is 10.2. The predicted molar refractivity (Wildman–Crippen MR) is 79.5 cm³/mol. The van der Waals surface area contributed by atoms with Gasteiger partial charge in [0.25, 0.3) is 0 Å². The number of rotatable bonds is 8. The van der Waals surface area contributed by atoms with Crippen molar-refractivity contribution in [1.82, 2.24) is 4.90 Å². The van der Waals surface area contributed by atoms with Crippen molar-refractivity contribution in [2.24, 2.45) is 0 Å². The van der Waals surface area contributed by atoms with Crippen molar-refractivity contribution in [1.29, 1.82) is 0 Å². The highest BCUT2D eigenvalue weighted by Gasteiger charge is 2.24. The van der Waals surface area contributed by atoms with E-state index < -0.39 is 0 Å². The summed E-state index contributed by atoms with van der Waals surface area (Å²) in [6.45, 7) is 2.87. The Hall–Kier alpha value is -1.59. The molecule has 0 fully saturated rings. The third-order valence-corrected chi connectivity index (χ3v) is 3.65. The minimum atomic E-state index is -0.187. The molecule has 0 amide bonds. The number of hydrogen-bond donors (Lipinski definition) is 0. The molecule has 0 bridgehead atoms. The molecule has 116 valence electrons. The van der Waals surface area contributed by atoms with E-state index in [4.69, 9.17) is 14.2 Å². The molecule has 5 nitrogen and oxygen atoms in total. The molecular formula is C16H23NO4. The molecule has 0 saturated carbocycles. The predicted octanol–water partition coefficient (Wildman–Crippen LogP) is 1.50. The molecule has 0 aliphatic carbocycles. The number of ether oxygens (including phenoxy) is 3. The topological polar surface area (TPSA) is 48.0 Å². The summed E-state index contributed by atoms with van der Waals surface area (Å²) in [5.41, 5.74) is 1.25. The van der Waals surface area contributed by atoms with Crippen molar-refractivity contribution >= 4 is 5.97 Å². The van der Waals surface area contributed by atoms with Gasteiger partial charge in [-0.05, 0) is 11.6 Å². The molecule has 1 aromatic carbocycles. The van der Waals surface area contributed by atoms with Gasteiger partial charge in [-0.15, -0.1) is 0 Å². The Kier molecular flexibility index (Phi) is 6.02. The van der Waals surface area contributed by atoms with Gasteiger partial charge < -0.3 is 14.2 Å². The number of fused-ring (bicyclic) bond motifs is 1. The van der Waals surface area contributed by atoms with Crippen molar-refractivity contribution in [2.45, 2.75) is 18.9 Å². The van der Waals surface area contributed by atoms with E-state index in [1.165, 1.54) is 12.7 Å². The van der Waals surface area contributed by atoms with Gasteiger partial charge in [0.2, 0.25) is 0 Å². The second-order valence-electron chi connectivity index (χ2n) is 5.17. The number of carbonyl (C=O) groups excluding carboxylic acids is 1. The summed E-state index contributed by atoms with van der Waals surface area (Å²) in [5, 5.41) is 0. The van der Waals surface area contributed by atoms with E-state index >= 15 is 0 Å². The minimum Gasteiger partial charge on any atom is -0.488 e. The number of hydrogen-bond acceptors (Lipinski definition) is 5. The minimum absolute atomic E-state index is 0.136. The number of esters is 1. The Bertz CT molecular complexity index is 438. The Morgan fingerprint density at radius 1 is 1.33 bits per heavy atom. The van der Waals surface area contributed by atoms with Crippen LogP contribution in [0.4, 0.5) is 0 Å². The van der Waals surface area contributed by atoms with E-state index in [0.717, 1.165) is 25.3 Å². The molecule has 0 N–H and O–H groups in total. The summed E-state index contributed by atoms with van der Waals surface area (Å²) in [7, 11) is 3.10. The highest BCUT2D eigenvalue weighted by Crippen LogP contribution is 2.28. The van der Waals surface area contributed by atoms with Gasteiger partial charge in [-0.25, -0.2) is 0 Å². The van der Waals surface area contributed by atoms with Crippen LogP contribution in [0.15, 0.2) is 24.3 Å². The van der Waals surface area contributed by atoms with Gasteiger partial charge in [-0.2, -0.15) is 0 Å². The third kappa shape index (κ3) is 4.72. The molecule has 5 heteroatoms. The summed E-state index contributed by atoms with van der Waals surface area (Å²) >= 11 is 0. The van der Waals surface area contributed by atoms with Crippen LogP contribution in [-0.4, -0.2) is 57.4 Å². The van der Waals surface area contributed by atoms with E-state index in [9.17, 15) is 4.79 Å². The molecule has 1 atom stereocenters. The van der Waals surface area contributed by atoms with Crippen LogP contribution in [0.3, 0.4) is 0 Å². The smallest absolute Gasteiger partial charge is 0.306 e. The highest BCUT2D eigenvalue weighted by molar-refractivity contribution is 5.69. The van der Waals surface area contributed by atoms with Crippen LogP contribution >= 0.6 is 0 Å². The molecule has 1 heterocycles. The lowest BCUT2D eigenvalue weighted by atomic mass is 10.1. The fraction of sp³-hybridized carbons (Fsp3) is 0.562. The lowest BCUT2D eigenvalue weighted by Gasteiger charge is -2.24. The molecule has 0 saturated heterocycles. The summed E-state index contributed by atoms with van der Waals surface area (Å²) in [5.74, 6) is 0.787. The first-order valence-corrected chi connectivity index (χ1v) is 7.25. The largest absolute Gasteiger partial charge is 0.488 e. The molecule has 0 spiro atoms. The first-order valence-electron chi connectivity index (χ1n) is 7.25. The lowest BCUT2D eigenvalue weighted by molar-refractivity contribution is -0.141. The van der Waals surface area contributed by atoms with Crippen molar-refractivity contribution < 1.29 is 19.0 Å². The van der Waals surface area contributed by atoms with E-state index in [0.29, 0.717) is 19.6 Å². The summed E-state index contributed by atoms with van der Waals surface area (Å²) in [6, 6.07) is 8.12. The Morgan fingerprint density at radius 3 is 2.86 bits per heavy atom. The van der Waals surface area contributed by atoms with E-state index in [1.807, 2.05) is 18.2 Å². The maximum atomic E-state index is 11.3. The van der Waals surface area contributed by atoms with Crippen LogP contribution in [0.25, 0.3) is 0 Å². The molecule has 2 rings (SSSR count). The molecule has 1 aliphatic heterocycles. The van der Waals surface area contributed by atoms with Gasteiger partial charge in [0.05, 0.1) is 20.1 Å². The number of carbonyl (C=O) groups is 1. The average Bonchev–Trinajstić information content (AvgIpc) is 2.91. The Labute approximate surface area is 125 Å². The molecule has 1 aliphatic rings. The van der Waals surface area contributed by atoms with Gasteiger partial charge in [-0.3, -0.25) is 9.69 Å². The summed E-state index contributed by atoms with van der Waals surface area (Å²) < 4.78 is 15.8. The fourth-order valence-corrected chi connectivity index (χ4v) is 2.51. The van der Waals surface area contributed by atoms with Gasteiger partial charge >= 0.3 is 5.97 Å². The molecule has 1 unspecified atom stereocenters. The first kappa shape index (κ1) is 15.8. The molecule has 0 aromatic heterocycles. The zero-order valence-electron chi connectivity index (χ0n) is 12.7. The molecule has 1 aromatic rings. The van der Waals surface area contributed by atoms with Gasteiger partial charge in [0, 0.05) is 33.2 Å². The zero-order chi connectivity index (χ0) is 15.1. The van der Waals surface area contributed by atoms with E-state index in [1.54, 1.807) is 7.11 Å². The lowest BCUT2D eigenvalue weighted by Crippen LogP contribution is -2.38. The Balaban J connectivity index is 1.85. The summed E-state index contributed by atoms with van der Waals surface area (Å²) in [6.07, 6.45) is 1.44. The van der Waals surface area contributed by atoms with Crippen molar-refractivity contribution in [3.8, 4) is 5.75 Å². The quantitative estimate of drug-likeness (QED) is 0.680. The van der Waals surface area contributed by atoms with Crippen LogP contribution in [0.2, 0.25) is 0 Å². The SMILES string of the molecule is COCCN(CCC(=O)OC)CC1Cc2ccccc2O1. The second kappa shape index (κ2) is 8.00. The van der Waals surface area contributed by atoms with Gasteiger partial charge in [0.1, 0.15) is 11.9 Å². The van der Waals surface area contributed by atoms with Crippen LogP contribution < -0.4 is 4.74 Å². The van der Waals surface area contributed by atoms with Crippen LogP contribution in [-0.2, 0) is 20.7 Å². The number of methoxy groups -OCH3 is 2. The van der Waals surface area contributed by atoms with E-state index in [-0.39, 0.29) is 12.1 Å². The van der Waals surface area contributed by atoms with Crippen molar-refractivity contribution in [3.05, 3.63) is 29.8 Å². The average molecular weight is 293 g/mol. The third-order valence-electron chi connectivity index (χ3n) is 3.65. The Morgan fingerprint density at radius 2 is 2.14 bits per heavy atom. The maximum Gasteiger partial charge on any atom is 0.306 e. The van der Waals surface area contributed by atoms with E-state index in [2.05, 4.69) is 11.0 Å². The summed E-state index contributed by atoms with van der Waals surface area (Å²) in [4.78, 5) is 13.5. The molecular weight excluding hydrogens is 270 g/mol. The van der Waals surface area contributed by atoms with Crippen LogP contribution in [0.1, 0.15) is 12.0 Å². The molecule has 0 radical (unpaired) electrons. The van der Waals surface area contributed by atoms with Crippen LogP contribution in [0.5, 0.6) is 5.75 Å². The normalized spacial score (nSPS) is 16.6. The van der Waals surface area contributed by atoms with Gasteiger partial charge in [-0.1, -0.05) is 18.2 Å². The fourth-order valence-electron chi connectivity index (χ4n) is 2.51. The molecule has 21 heavy (non-hydrogen) atoms. The highest BCUT2D eigenvalue weighted by atomic mass is 16.5. The second-order valence-corrected chi connectivity index (χ2v) is 5.17. The van der Waals surface area contributed by atoms with Crippen molar-refractivity contribution in [2.75, 3.05) is 40.5 Å². The monoisotopic (exact) mass is 293 g/mol. The van der Waals surface area contributed by atoms with Crippen molar-refractivity contribution in [3.63, 3.8) is 0 Å². The number of nitrogens with zero attached hydrogens (tertiary/aromatic N) is 1. The standard InChI is InChI=1S/C16H23NO4/c1-19-10-9-17(8-7-16(18)20-2)12-14-11-13-5-3-4-6-15(13)21-14/h3-6,14H,7-12H2,1-2H3. The zero-order valence-corrected chi connectivity index (χ0v) is 12.7.